The molecule has 0 aromatic heterocycles. The second kappa shape index (κ2) is 7.81. The SMILES string of the molecule is CCCNC(CC1(OC)CCC1)c1ccccc1OCC. The van der Waals surface area contributed by atoms with E-state index < -0.39 is 0 Å². The van der Waals surface area contributed by atoms with Crippen molar-refractivity contribution in [2.24, 2.45) is 0 Å². The van der Waals surface area contributed by atoms with Crippen molar-refractivity contribution in [3.05, 3.63) is 29.8 Å². The summed E-state index contributed by atoms with van der Waals surface area (Å²) in [6.45, 7) is 5.96. The summed E-state index contributed by atoms with van der Waals surface area (Å²) in [7, 11) is 1.85. The van der Waals surface area contributed by atoms with Crippen LogP contribution in [0.2, 0.25) is 0 Å². The average molecular weight is 291 g/mol. The van der Waals surface area contributed by atoms with Crippen LogP contribution in [-0.4, -0.2) is 25.9 Å². The number of methoxy groups -OCH3 is 1. The first-order valence-electron chi connectivity index (χ1n) is 8.25. The quantitative estimate of drug-likeness (QED) is 0.743. The molecule has 21 heavy (non-hydrogen) atoms. The second-order valence-electron chi connectivity index (χ2n) is 5.92. The van der Waals surface area contributed by atoms with Gasteiger partial charge in [-0.3, -0.25) is 0 Å². The molecule has 2 rings (SSSR count). The van der Waals surface area contributed by atoms with Crippen LogP contribution in [0.3, 0.4) is 0 Å². The van der Waals surface area contributed by atoms with E-state index in [1.54, 1.807) is 0 Å². The van der Waals surface area contributed by atoms with Gasteiger partial charge >= 0.3 is 0 Å². The third-order valence-electron chi connectivity index (χ3n) is 4.51. The average Bonchev–Trinajstić information content (AvgIpc) is 2.47. The first-order valence-corrected chi connectivity index (χ1v) is 8.25. The van der Waals surface area contributed by atoms with Crippen LogP contribution in [0, 0.1) is 0 Å². The highest BCUT2D eigenvalue weighted by Gasteiger charge is 2.39. The highest BCUT2D eigenvalue weighted by molar-refractivity contribution is 5.36. The second-order valence-corrected chi connectivity index (χ2v) is 5.92. The zero-order valence-corrected chi connectivity index (χ0v) is 13.7. The van der Waals surface area contributed by atoms with Gasteiger partial charge in [0.2, 0.25) is 0 Å². The zero-order chi connectivity index (χ0) is 15.1. The molecule has 0 heterocycles. The first-order chi connectivity index (χ1) is 10.2. The first kappa shape index (κ1) is 16.3. The number of nitrogens with one attached hydrogen (secondary N) is 1. The molecule has 1 aliphatic carbocycles. The molecule has 0 saturated heterocycles. The smallest absolute Gasteiger partial charge is 0.124 e. The summed E-state index contributed by atoms with van der Waals surface area (Å²) in [6.07, 6.45) is 5.78. The minimum Gasteiger partial charge on any atom is -0.494 e. The summed E-state index contributed by atoms with van der Waals surface area (Å²) in [5.41, 5.74) is 1.32. The molecule has 1 fully saturated rings. The third kappa shape index (κ3) is 3.98. The van der Waals surface area contributed by atoms with Crippen molar-refractivity contribution in [1.82, 2.24) is 5.32 Å². The summed E-state index contributed by atoms with van der Waals surface area (Å²) < 4.78 is 11.6. The number of ether oxygens (including phenoxy) is 2. The van der Waals surface area contributed by atoms with Crippen molar-refractivity contribution in [1.29, 1.82) is 0 Å². The highest BCUT2D eigenvalue weighted by Crippen LogP contribution is 2.43. The summed E-state index contributed by atoms with van der Waals surface area (Å²) in [5.74, 6) is 0.999. The number of rotatable bonds is 9. The summed E-state index contributed by atoms with van der Waals surface area (Å²) in [4.78, 5) is 0. The molecule has 1 N–H and O–H groups in total. The minimum absolute atomic E-state index is 0.0603. The van der Waals surface area contributed by atoms with Crippen LogP contribution in [0.25, 0.3) is 0 Å². The molecular formula is C18H29NO2. The Hall–Kier alpha value is -1.06. The largest absolute Gasteiger partial charge is 0.494 e. The van der Waals surface area contributed by atoms with Crippen LogP contribution in [0.1, 0.15) is 57.6 Å². The molecule has 0 radical (unpaired) electrons. The summed E-state index contributed by atoms with van der Waals surface area (Å²) in [6, 6.07) is 8.69. The van der Waals surface area contributed by atoms with E-state index >= 15 is 0 Å². The molecule has 3 heteroatoms. The van der Waals surface area contributed by atoms with Crippen LogP contribution in [-0.2, 0) is 4.74 Å². The number of benzene rings is 1. The van der Waals surface area contributed by atoms with Gasteiger partial charge in [0.05, 0.1) is 12.2 Å². The number of hydrogen-bond acceptors (Lipinski definition) is 3. The van der Waals surface area contributed by atoms with Gasteiger partial charge in [-0.15, -0.1) is 0 Å². The lowest BCUT2D eigenvalue weighted by Crippen LogP contribution is -2.43. The van der Waals surface area contributed by atoms with Gasteiger partial charge < -0.3 is 14.8 Å². The van der Waals surface area contributed by atoms with Crippen LogP contribution in [0.4, 0.5) is 0 Å². The molecule has 3 nitrogen and oxygen atoms in total. The Morgan fingerprint density at radius 2 is 2.00 bits per heavy atom. The maximum absolute atomic E-state index is 5.82. The standard InChI is InChI=1S/C18H29NO2/c1-4-13-19-16(14-18(20-3)11-8-12-18)15-9-6-7-10-17(15)21-5-2/h6-7,9-10,16,19H,4-5,8,11-14H2,1-3H3. The van der Waals surface area contributed by atoms with Crippen LogP contribution < -0.4 is 10.1 Å². The molecule has 1 saturated carbocycles. The Morgan fingerprint density at radius 1 is 1.24 bits per heavy atom. The zero-order valence-electron chi connectivity index (χ0n) is 13.7. The fourth-order valence-corrected chi connectivity index (χ4v) is 3.10. The van der Waals surface area contributed by atoms with E-state index in [0.717, 1.165) is 25.1 Å². The third-order valence-corrected chi connectivity index (χ3v) is 4.51. The lowest BCUT2D eigenvalue weighted by atomic mass is 9.74. The summed E-state index contributed by atoms with van der Waals surface area (Å²) >= 11 is 0. The normalized spacial score (nSPS) is 18.0. The fourth-order valence-electron chi connectivity index (χ4n) is 3.10. The van der Waals surface area contributed by atoms with Gasteiger partial charge in [-0.2, -0.15) is 0 Å². The predicted molar refractivity (Wildman–Crippen MR) is 86.9 cm³/mol. The molecule has 1 aliphatic rings. The van der Waals surface area contributed by atoms with E-state index in [1.807, 2.05) is 20.1 Å². The van der Waals surface area contributed by atoms with Gasteiger partial charge in [-0.1, -0.05) is 25.1 Å². The van der Waals surface area contributed by atoms with Gasteiger partial charge in [-0.05, 0) is 51.6 Å². The molecule has 1 aromatic carbocycles. The molecule has 0 spiro atoms. The molecular weight excluding hydrogens is 262 g/mol. The van der Waals surface area contributed by atoms with Gasteiger partial charge in [0.1, 0.15) is 5.75 Å². The van der Waals surface area contributed by atoms with Crippen LogP contribution in [0.5, 0.6) is 5.75 Å². The fraction of sp³-hybridized carbons (Fsp3) is 0.667. The Kier molecular flexibility index (Phi) is 6.07. The molecule has 0 bridgehead atoms. The monoisotopic (exact) mass is 291 g/mol. The van der Waals surface area contributed by atoms with E-state index in [1.165, 1.54) is 24.8 Å². The number of para-hydroxylation sites is 1. The van der Waals surface area contributed by atoms with E-state index in [4.69, 9.17) is 9.47 Å². The number of hydrogen-bond donors (Lipinski definition) is 1. The minimum atomic E-state index is 0.0603. The highest BCUT2D eigenvalue weighted by atomic mass is 16.5. The Balaban J connectivity index is 2.18. The van der Waals surface area contributed by atoms with Crippen LogP contribution in [0.15, 0.2) is 24.3 Å². The summed E-state index contributed by atoms with van der Waals surface area (Å²) in [5, 5.41) is 3.68. The molecule has 1 aromatic rings. The lowest BCUT2D eigenvalue weighted by Gasteiger charge is -2.43. The Labute approximate surface area is 129 Å². The molecule has 1 unspecified atom stereocenters. The predicted octanol–water partition coefficient (Wildman–Crippen LogP) is 4.09. The van der Waals surface area contributed by atoms with E-state index in [-0.39, 0.29) is 5.60 Å². The van der Waals surface area contributed by atoms with Gasteiger partial charge in [-0.25, -0.2) is 0 Å². The van der Waals surface area contributed by atoms with Crippen molar-refractivity contribution in [2.45, 2.75) is 57.6 Å². The van der Waals surface area contributed by atoms with Gasteiger partial charge in [0.25, 0.3) is 0 Å². The van der Waals surface area contributed by atoms with Gasteiger partial charge in [0, 0.05) is 18.7 Å². The molecule has 0 amide bonds. The van der Waals surface area contributed by atoms with E-state index in [9.17, 15) is 0 Å². The maximum Gasteiger partial charge on any atom is 0.124 e. The Bertz CT molecular complexity index is 423. The van der Waals surface area contributed by atoms with Crippen molar-refractivity contribution < 1.29 is 9.47 Å². The van der Waals surface area contributed by atoms with E-state index in [0.29, 0.717) is 12.6 Å². The van der Waals surface area contributed by atoms with Crippen molar-refractivity contribution >= 4 is 0 Å². The maximum atomic E-state index is 5.82. The molecule has 1 atom stereocenters. The topological polar surface area (TPSA) is 30.5 Å². The van der Waals surface area contributed by atoms with Gasteiger partial charge in [0.15, 0.2) is 0 Å². The van der Waals surface area contributed by atoms with Crippen molar-refractivity contribution in [3.8, 4) is 5.75 Å². The van der Waals surface area contributed by atoms with E-state index in [2.05, 4.69) is 30.4 Å². The molecule has 118 valence electrons. The Morgan fingerprint density at radius 3 is 2.57 bits per heavy atom. The van der Waals surface area contributed by atoms with Crippen molar-refractivity contribution in [3.63, 3.8) is 0 Å². The van der Waals surface area contributed by atoms with Crippen LogP contribution >= 0.6 is 0 Å². The van der Waals surface area contributed by atoms with Crippen molar-refractivity contribution in [2.75, 3.05) is 20.3 Å². The molecule has 0 aliphatic heterocycles. The lowest BCUT2D eigenvalue weighted by molar-refractivity contribution is -0.0839.